The Morgan fingerprint density at radius 1 is 1.20 bits per heavy atom. The molecule has 3 heteroatoms. The molecule has 0 bridgehead atoms. The average Bonchev–Trinajstić information content (AvgIpc) is 2.95. The van der Waals surface area contributed by atoms with Gasteiger partial charge >= 0.3 is 0 Å². The van der Waals surface area contributed by atoms with Gasteiger partial charge in [-0.3, -0.25) is 0 Å². The number of rotatable bonds is 4. The first-order valence-corrected chi connectivity index (χ1v) is 8.32. The summed E-state index contributed by atoms with van der Waals surface area (Å²) >= 11 is 0. The molecule has 0 amide bonds. The first-order valence-electron chi connectivity index (χ1n) is 8.32. The quantitative estimate of drug-likeness (QED) is 0.916. The number of aromatic nitrogens is 1. The van der Waals surface area contributed by atoms with Gasteiger partial charge in [0.2, 0.25) is 0 Å². The van der Waals surface area contributed by atoms with Crippen LogP contribution < -0.4 is 10.6 Å². The molecule has 2 aliphatic carbocycles. The average molecular weight is 273 g/mol. The van der Waals surface area contributed by atoms with Gasteiger partial charge in [0.1, 0.15) is 5.82 Å². The molecule has 1 heterocycles. The van der Waals surface area contributed by atoms with Gasteiger partial charge in [0, 0.05) is 30.4 Å². The Hall–Kier alpha value is -1.09. The maximum absolute atomic E-state index is 6.00. The smallest absolute Gasteiger partial charge is 0.133 e. The molecule has 0 saturated heterocycles. The summed E-state index contributed by atoms with van der Waals surface area (Å²) in [5.41, 5.74) is 10.0. The molecule has 0 spiro atoms. The molecule has 3 rings (SSSR count). The van der Waals surface area contributed by atoms with Gasteiger partial charge in [-0.2, -0.15) is 0 Å². The summed E-state index contributed by atoms with van der Waals surface area (Å²) in [5, 5.41) is 0. The van der Waals surface area contributed by atoms with E-state index in [1.165, 1.54) is 67.6 Å². The van der Waals surface area contributed by atoms with Crippen molar-refractivity contribution in [3.05, 3.63) is 22.9 Å². The van der Waals surface area contributed by atoms with Crippen LogP contribution in [0.1, 0.15) is 62.3 Å². The van der Waals surface area contributed by atoms with Gasteiger partial charge < -0.3 is 10.6 Å². The van der Waals surface area contributed by atoms with Crippen molar-refractivity contribution in [1.82, 2.24) is 4.98 Å². The predicted octanol–water partition coefficient (Wildman–Crippen LogP) is 3.19. The lowest BCUT2D eigenvalue weighted by Gasteiger charge is -2.36. The van der Waals surface area contributed by atoms with E-state index in [1.54, 1.807) is 0 Å². The lowest BCUT2D eigenvalue weighted by Crippen LogP contribution is -2.38. The topological polar surface area (TPSA) is 42.2 Å². The van der Waals surface area contributed by atoms with E-state index in [1.807, 2.05) is 0 Å². The van der Waals surface area contributed by atoms with E-state index < -0.39 is 0 Å². The van der Waals surface area contributed by atoms with Crippen LogP contribution in [0.3, 0.4) is 0 Å². The van der Waals surface area contributed by atoms with Gasteiger partial charge in [0.05, 0.1) is 0 Å². The molecule has 1 saturated carbocycles. The van der Waals surface area contributed by atoms with Gasteiger partial charge in [0.15, 0.2) is 0 Å². The molecule has 2 N–H and O–H groups in total. The summed E-state index contributed by atoms with van der Waals surface area (Å²) in [4.78, 5) is 7.54. The minimum atomic E-state index is 0.610. The number of hydrogen-bond acceptors (Lipinski definition) is 3. The highest BCUT2D eigenvalue weighted by Crippen LogP contribution is 2.31. The summed E-state index contributed by atoms with van der Waals surface area (Å²) < 4.78 is 0. The van der Waals surface area contributed by atoms with Crippen LogP contribution in [-0.2, 0) is 19.4 Å². The minimum Gasteiger partial charge on any atom is -0.354 e. The summed E-state index contributed by atoms with van der Waals surface area (Å²) in [7, 11) is 0. The number of anilines is 1. The molecular weight excluding hydrogens is 246 g/mol. The Balaban J connectivity index is 1.93. The molecule has 0 aromatic carbocycles. The van der Waals surface area contributed by atoms with Crippen molar-refractivity contribution in [3.63, 3.8) is 0 Å². The summed E-state index contributed by atoms with van der Waals surface area (Å²) in [6.45, 7) is 3.91. The van der Waals surface area contributed by atoms with E-state index in [2.05, 4.69) is 17.9 Å². The molecular formula is C17H27N3. The molecule has 3 nitrogen and oxygen atoms in total. The highest BCUT2D eigenvalue weighted by molar-refractivity contribution is 5.51. The van der Waals surface area contributed by atoms with E-state index >= 15 is 0 Å². The predicted molar refractivity (Wildman–Crippen MR) is 84.0 cm³/mol. The maximum Gasteiger partial charge on any atom is 0.133 e. The van der Waals surface area contributed by atoms with Crippen molar-refractivity contribution < 1.29 is 0 Å². The second kappa shape index (κ2) is 6.13. The zero-order chi connectivity index (χ0) is 13.9. The normalized spacial score (nSPS) is 19.1. The third-order valence-electron chi connectivity index (χ3n) is 4.96. The number of nitrogens with zero attached hydrogens (tertiary/aromatic N) is 2. The molecule has 1 fully saturated rings. The van der Waals surface area contributed by atoms with Crippen LogP contribution >= 0.6 is 0 Å². The van der Waals surface area contributed by atoms with E-state index in [0.29, 0.717) is 12.6 Å². The second-order valence-electron chi connectivity index (χ2n) is 6.21. The Bertz CT molecular complexity index is 464. The molecule has 0 radical (unpaired) electrons. The first-order chi connectivity index (χ1) is 9.83. The monoisotopic (exact) mass is 273 g/mol. The lowest BCUT2D eigenvalue weighted by atomic mass is 9.94. The van der Waals surface area contributed by atoms with E-state index in [4.69, 9.17) is 10.7 Å². The largest absolute Gasteiger partial charge is 0.354 e. The van der Waals surface area contributed by atoms with Crippen molar-refractivity contribution >= 4 is 5.82 Å². The zero-order valence-corrected chi connectivity index (χ0v) is 12.7. The molecule has 110 valence electrons. The molecule has 1 aromatic rings. The van der Waals surface area contributed by atoms with Gasteiger partial charge in [0.25, 0.3) is 0 Å². The van der Waals surface area contributed by atoms with Gasteiger partial charge in [-0.1, -0.05) is 19.3 Å². The van der Waals surface area contributed by atoms with Crippen molar-refractivity contribution in [2.24, 2.45) is 5.73 Å². The van der Waals surface area contributed by atoms with Crippen LogP contribution in [0.2, 0.25) is 0 Å². The van der Waals surface area contributed by atoms with Crippen molar-refractivity contribution in [2.45, 2.75) is 70.9 Å². The van der Waals surface area contributed by atoms with E-state index in [0.717, 1.165) is 13.0 Å². The highest BCUT2D eigenvalue weighted by Gasteiger charge is 2.25. The number of hydrogen-bond donors (Lipinski definition) is 1. The Morgan fingerprint density at radius 2 is 2.00 bits per heavy atom. The fourth-order valence-electron chi connectivity index (χ4n) is 3.88. The lowest BCUT2D eigenvalue weighted by molar-refractivity contribution is 0.415. The van der Waals surface area contributed by atoms with E-state index in [-0.39, 0.29) is 0 Å². The highest BCUT2D eigenvalue weighted by atomic mass is 15.2. The molecule has 20 heavy (non-hydrogen) atoms. The molecule has 0 unspecified atom stereocenters. The van der Waals surface area contributed by atoms with Crippen LogP contribution in [0.5, 0.6) is 0 Å². The number of nitrogens with two attached hydrogens (primary N) is 1. The summed E-state index contributed by atoms with van der Waals surface area (Å²) in [6, 6.07) is 3.00. The summed E-state index contributed by atoms with van der Waals surface area (Å²) in [5.74, 6) is 1.18. The maximum atomic E-state index is 6.00. The Kier molecular flexibility index (Phi) is 4.25. The van der Waals surface area contributed by atoms with Crippen LogP contribution in [0, 0.1) is 0 Å². The minimum absolute atomic E-state index is 0.610. The van der Waals surface area contributed by atoms with Crippen molar-refractivity contribution in [1.29, 1.82) is 0 Å². The van der Waals surface area contributed by atoms with Gasteiger partial charge in [-0.15, -0.1) is 0 Å². The fourth-order valence-corrected chi connectivity index (χ4v) is 3.88. The first kappa shape index (κ1) is 13.9. The van der Waals surface area contributed by atoms with E-state index in [9.17, 15) is 0 Å². The van der Waals surface area contributed by atoms with Gasteiger partial charge in [-0.25, -0.2) is 4.98 Å². The Labute approximate surface area is 122 Å². The van der Waals surface area contributed by atoms with Crippen molar-refractivity contribution in [2.75, 3.05) is 11.4 Å². The third kappa shape index (κ3) is 2.56. The molecule has 2 aliphatic rings. The molecule has 0 atom stereocenters. The van der Waals surface area contributed by atoms with Gasteiger partial charge in [-0.05, 0) is 50.7 Å². The third-order valence-corrected chi connectivity index (χ3v) is 4.96. The van der Waals surface area contributed by atoms with Crippen LogP contribution in [0.15, 0.2) is 6.07 Å². The molecule has 0 aliphatic heterocycles. The number of aryl methyl sites for hydroxylation is 2. The second-order valence-corrected chi connectivity index (χ2v) is 6.21. The van der Waals surface area contributed by atoms with Crippen molar-refractivity contribution in [3.8, 4) is 0 Å². The van der Waals surface area contributed by atoms with Crippen LogP contribution in [0.4, 0.5) is 5.82 Å². The standard InChI is InChI=1S/C17H27N3/c1-2-20(15-8-4-3-5-9-15)17-14(12-18)11-13-7-6-10-16(13)19-17/h11,15H,2-10,12,18H2,1H3. The Morgan fingerprint density at radius 3 is 2.70 bits per heavy atom. The fraction of sp³-hybridized carbons (Fsp3) is 0.706. The number of fused-ring (bicyclic) bond motifs is 1. The zero-order valence-electron chi connectivity index (χ0n) is 12.7. The number of pyridine rings is 1. The summed E-state index contributed by atoms with van der Waals surface area (Å²) in [6.07, 6.45) is 10.3. The van der Waals surface area contributed by atoms with Crippen LogP contribution in [-0.4, -0.2) is 17.6 Å². The molecule has 1 aromatic heterocycles. The van der Waals surface area contributed by atoms with Crippen LogP contribution in [0.25, 0.3) is 0 Å². The SMILES string of the molecule is CCN(c1nc2c(cc1CN)CCC2)C1CCCCC1.